The van der Waals surface area contributed by atoms with E-state index in [2.05, 4.69) is 34.7 Å². The number of hydrogen-bond donors (Lipinski definition) is 2. The van der Waals surface area contributed by atoms with E-state index in [9.17, 15) is 9.59 Å². The first kappa shape index (κ1) is 20.6. The third-order valence-electron chi connectivity index (χ3n) is 4.25. The summed E-state index contributed by atoms with van der Waals surface area (Å²) in [4.78, 5) is 26.1. The molecule has 5 nitrogen and oxygen atoms in total. The average Bonchev–Trinajstić information content (AvgIpc) is 2.66. The Hall–Kier alpha value is -2.66. The topological polar surface area (TPSA) is 61.4 Å². The highest BCUT2D eigenvalue weighted by Crippen LogP contribution is 2.04. The van der Waals surface area contributed by atoms with Crippen LogP contribution in [0.25, 0.3) is 0 Å². The van der Waals surface area contributed by atoms with Crippen LogP contribution in [0.5, 0.6) is 0 Å². The highest BCUT2D eigenvalue weighted by molar-refractivity contribution is 5.94. The molecule has 0 radical (unpaired) electrons. The van der Waals surface area contributed by atoms with Crippen molar-refractivity contribution in [1.82, 2.24) is 15.5 Å². The first-order chi connectivity index (χ1) is 13.0. The molecule has 0 atom stereocenters. The van der Waals surface area contributed by atoms with Crippen molar-refractivity contribution in [2.75, 3.05) is 26.7 Å². The zero-order chi connectivity index (χ0) is 19.5. The first-order valence-corrected chi connectivity index (χ1v) is 9.38. The van der Waals surface area contributed by atoms with E-state index in [1.165, 1.54) is 5.56 Å². The number of nitrogens with zero attached hydrogens (tertiary/aromatic N) is 1. The normalized spacial score (nSPS) is 10.6. The monoisotopic (exact) mass is 367 g/mol. The maximum absolute atomic E-state index is 12.0. The summed E-state index contributed by atoms with van der Waals surface area (Å²) in [6, 6.07) is 17.7. The molecule has 2 amide bonds. The maximum atomic E-state index is 12.0. The number of hydrogen-bond acceptors (Lipinski definition) is 3. The number of aryl methyl sites for hydroxylation is 1. The van der Waals surface area contributed by atoms with Gasteiger partial charge in [0.15, 0.2) is 0 Å². The molecule has 2 N–H and O–H groups in total. The Morgan fingerprint density at radius 3 is 2.48 bits per heavy atom. The number of benzene rings is 2. The Labute approximate surface area is 161 Å². The highest BCUT2D eigenvalue weighted by atomic mass is 16.2. The van der Waals surface area contributed by atoms with Gasteiger partial charge in [0, 0.05) is 31.6 Å². The van der Waals surface area contributed by atoms with Gasteiger partial charge in [-0.05, 0) is 44.6 Å². The third kappa shape index (κ3) is 8.05. The molecule has 5 heteroatoms. The van der Waals surface area contributed by atoms with Crippen LogP contribution in [0.2, 0.25) is 0 Å². The van der Waals surface area contributed by atoms with Crippen molar-refractivity contribution in [3.63, 3.8) is 0 Å². The molecule has 2 aromatic carbocycles. The van der Waals surface area contributed by atoms with E-state index < -0.39 is 0 Å². The maximum Gasteiger partial charge on any atom is 0.251 e. The Morgan fingerprint density at radius 1 is 0.963 bits per heavy atom. The molecule has 0 saturated heterocycles. The van der Waals surface area contributed by atoms with Gasteiger partial charge in [-0.25, -0.2) is 0 Å². The van der Waals surface area contributed by atoms with Gasteiger partial charge < -0.3 is 15.5 Å². The van der Waals surface area contributed by atoms with Gasteiger partial charge in [0.1, 0.15) is 0 Å². The number of carbonyl (C=O) groups is 2. The zero-order valence-electron chi connectivity index (χ0n) is 16.2. The molecule has 0 aliphatic heterocycles. The lowest BCUT2D eigenvalue weighted by atomic mass is 10.1. The lowest BCUT2D eigenvalue weighted by Gasteiger charge is -2.16. The molecule has 0 unspecified atom stereocenters. The fraction of sp³-hybridized carbons (Fsp3) is 0.364. The zero-order valence-corrected chi connectivity index (χ0v) is 16.2. The lowest BCUT2D eigenvalue weighted by Crippen LogP contribution is -2.32. The van der Waals surface area contributed by atoms with Crippen molar-refractivity contribution in [2.24, 2.45) is 0 Å². The summed E-state index contributed by atoms with van der Waals surface area (Å²) in [5.41, 5.74) is 2.95. The standard InChI is InChI=1S/C22H29N3O2/c1-18-8-6-11-20(16-18)22(27)24-14-12-21(26)23-13-7-15-25(2)17-19-9-4-3-5-10-19/h3-6,8-11,16H,7,12-15,17H2,1-2H3,(H,23,26)(H,24,27). The molecular weight excluding hydrogens is 338 g/mol. The smallest absolute Gasteiger partial charge is 0.251 e. The fourth-order valence-corrected chi connectivity index (χ4v) is 2.82. The quantitative estimate of drug-likeness (QED) is 0.635. The van der Waals surface area contributed by atoms with Gasteiger partial charge in [-0.2, -0.15) is 0 Å². The van der Waals surface area contributed by atoms with Crippen LogP contribution >= 0.6 is 0 Å². The molecule has 2 rings (SSSR count). The average molecular weight is 367 g/mol. The minimum atomic E-state index is -0.144. The van der Waals surface area contributed by atoms with E-state index in [4.69, 9.17) is 0 Å². The van der Waals surface area contributed by atoms with Crippen molar-refractivity contribution >= 4 is 11.8 Å². The van der Waals surface area contributed by atoms with E-state index in [-0.39, 0.29) is 18.2 Å². The minimum absolute atomic E-state index is 0.0368. The van der Waals surface area contributed by atoms with Gasteiger partial charge in [-0.3, -0.25) is 9.59 Å². The largest absolute Gasteiger partial charge is 0.356 e. The van der Waals surface area contributed by atoms with E-state index in [1.54, 1.807) is 6.07 Å². The summed E-state index contributed by atoms with van der Waals surface area (Å²) in [7, 11) is 2.08. The first-order valence-electron chi connectivity index (χ1n) is 9.38. The second-order valence-electron chi connectivity index (χ2n) is 6.80. The molecule has 0 spiro atoms. The van der Waals surface area contributed by atoms with Crippen LogP contribution in [0.3, 0.4) is 0 Å². The molecule has 0 aromatic heterocycles. The van der Waals surface area contributed by atoms with Crippen molar-refractivity contribution in [3.8, 4) is 0 Å². The second kappa shape index (κ2) is 11.1. The number of amides is 2. The molecule has 144 valence electrons. The lowest BCUT2D eigenvalue weighted by molar-refractivity contribution is -0.120. The summed E-state index contributed by atoms with van der Waals surface area (Å²) in [5, 5.41) is 5.69. The van der Waals surface area contributed by atoms with Gasteiger partial charge in [0.2, 0.25) is 5.91 Å². The van der Waals surface area contributed by atoms with Crippen molar-refractivity contribution < 1.29 is 9.59 Å². The van der Waals surface area contributed by atoms with Gasteiger partial charge in [0.05, 0.1) is 0 Å². The predicted molar refractivity (Wildman–Crippen MR) is 109 cm³/mol. The van der Waals surface area contributed by atoms with Crippen LogP contribution < -0.4 is 10.6 Å². The van der Waals surface area contributed by atoms with Crippen LogP contribution in [0.4, 0.5) is 0 Å². The Balaban J connectivity index is 1.55. The summed E-state index contributed by atoms with van der Waals surface area (Å²) < 4.78 is 0. The molecule has 0 fully saturated rings. The van der Waals surface area contributed by atoms with E-state index in [0.717, 1.165) is 25.1 Å². The molecule has 2 aromatic rings. The van der Waals surface area contributed by atoms with Crippen LogP contribution in [0.15, 0.2) is 54.6 Å². The Morgan fingerprint density at radius 2 is 1.74 bits per heavy atom. The highest BCUT2D eigenvalue weighted by Gasteiger charge is 2.07. The van der Waals surface area contributed by atoms with E-state index in [1.807, 2.05) is 43.3 Å². The number of nitrogens with one attached hydrogen (secondary N) is 2. The Kier molecular flexibility index (Phi) is 8.52. The Bertz CT molecular complexity index is 731. The van der Waals surface area contributed by atoms with Crippen LogP contribution in [0.1, 0.15) is 34.3 Å². The van der Waals surface area contributed by atoms with Crippen LogP contribution in [-0.4, -0.2) is 43.4 Å². The summed E-state index contributed by atoms with van der Waals surface area (Å²) >= 11 is 0. The van der Waals surface area contributed by atoms with Crippen molar-refractivity contribution in [2.45, 2.75) is 26.3 Å². The van der Waals surface area contributed by atoms with Gasteiger partial charge in [0.25, 0.3) is 5.91 Å². The van der Waals surface area contributed by atoms with Crippen LogP contribution in [0, 0.1) is 6.92 Å². The second-order valence-corrected chi connectivity index (χ2v) is 6.80. The van der Waals surface area contributed by atoms with Crippen molar-refractivity contribution in [1.29, 1.82) is 0 Å². The molecule has 0 aliphatic carbocycles. The number of rotatable bonds is 10. The number of carbonyl (C=O) groups excluding carboxylic acids is 2. The third-order valence-corrected chi connectivity index (χ3v) is 4.25. The molecule has 0 heterocycles. The summed E-state index contributed by atoms with van der Waals surface area (Å²) in [5.74, 6) is -0.181. The van der Waals surface area contributed by atoms with E-state index in [0.29, 0.717) is 18.7 Å². The van der Waals surface area contributed by atoms with Gasteiger partial charge in [-0.15, -0.1) is 0 Å². The van der Waals surface area contributed by atoms with Gasteiger partial charge in [-0.1, -0.05) is 48.0 Å². The van der Waals surface area contributed by atoms with Crippen molar-refractivity contribution in [3.05, 3.63) is 71.3 Å². The molecule has 0 aliphatic rings. The fourth-order valence-electron chi connectivity index (χ4n) is 2.82. The SMILES string of the molecule is Cc1cccc(C(=O)NCCC(=O)NCCCN(C)Cc2ccccc2)c1. The van der Waals surface area contributed by atoms with Crippen LogP contribution in [-0.2, 0) is 11.3 Å². The summed E-state index contributed by atoms with van der Waals surface area (Å²) in [6.45, 7) is 4.75. The molecule has 27 heavy (non-hydrogen) atoms. The minimum Gasteiger partial charge on any atom is -0.356 e. The molecular formula is C22H29N3O2. The molecule has 0 bridgehead atoms. The van der Waals surface area contributed by atoms with Gasteiger partial charge >= 0.3 is 0 Å². The molecule has 0 saturated carbocycles. The predicted octanol–water partition coefficient (Wildman–Crippen LogP) is 2.75. The van der Waals surface area contributed by atoms with E-state index >= 15 is 0 Å². The summed E-state index contributed by atoms with van der Waals surface area (Å²) in [6.07, 6.45) is 1.18.